The SMILES string of the molecule is COc1ccc(-c2nc([S+]([O-])CC(OC)OC)sc2-c2ccc(OC)cc2)cc1. The quantitative estimate of drug-likeness (QED) is 0.372. The van der Waals surface area contributed by atoms with Gasteiger partial charge in [-0.2, -0.15) is 4.98 Å². The summed E-state index contributed by atoms with van der Waals surface area (Å²) in [5.74, 6) is 1.75. The molecule has 0 aliphatic rings. The third-order valence-electron chi connectivity index (χ3n) is 4.33. The second-order valence-corrected chi connectivity index (χ2v) is 8.70. The monoisotopic (exact) mass is 433 g/mol. The molecular weight excluding hydrogens is 410 g/mol. The fourth-order valence-electron chi connectivity index (χ4n) is 2.71. The van der Waals surface area contributed by atoms with Crippen LogP contribution in [0.1, 0.15) is 0 Å². The van der Waals surface area contributed by atoms with E-state index in [2.05, 4.69) is 0 Å². The van der Waals surface area contributed by atoms with Crippen molar-refractivity contribution in [3.05, 3.63) is 48.5 Å². The van der Waals surface area contributed by atoms with E-state index in [0.29, 0.717) is 4.34 Å². The van der Waals surface area contributed by atoms with E-state index in [0.717, 1.165) is 33.2 Å². The van der Waals surface area contributed by atoms with Gasteiger partial charge in [0, 0.05) is 31.0 Å². The zero-order chi connectivity index (χ0) is 20.8. The maximum absolute atomic E-state index is 12.9. The Bertz CT molecular complexity index is 843. The molecule has 3 rings (SSSR count). The highest BCUT2D eigenvalue weighted by atomic mass is 32.2. The van der Waals surface area contributed by atoms with E-state index >= 15 is 0 Å². The van der Waals surface area contributed by atoms with Crippen LogP contribution in [0.5, 0.6) is 11.5 Å². The molecule has 0 saturated carbocycles. The van der Waals surface area contributed by atoms with Crippen LogP contribution in [0.3, 0.4) is 0 Å². The summed E-state index contributed by atoms with van der Waals surface area (Å²) < 4.78 is 34.3. The Hall–Kier alpha value is -2.10. The van der Waals surface area contributed by atoms with Crippen LogP contribution in [0.15, 0.2) is 52.9 Å². The van der Waals surface area contributed by atoms with Crippen molar-refractivity contribution in [1.82, 2.24) is 4.98 Å². The molecule has 0 N–H and O–H groups in total. The summed E-state index contributed by atoms with van der Waals surface area (Å²) in [6.45, 7) is 0. The molecule has 29 heavy (non-hydrogen) atoms. The summed E-state index contributed by atoms with van der Waals surface area (Å²) in [4.78, 5) is 5.65. The van der Waals surface area contributed by atoms with Gasteiger partial charge in [0.25, 0.3) is 0 Å². The van der Waals surface area contributed by atoms with E-state index in [9.17, 15) is 4.55 Å². The summed E-state index contributed by atoms with van der Waals surface area (Å²) in [5, 5.41) is 0. The van der Waals surface area contributed by atoms with Crippen molar-refractivity contribution in [1.29, 1.82) is 0 Å². The molecule has 0 bridgehead atoms. The highest BCUT2D eigenvalue weighted by molar-refractivity contribution is 7.93. The molecule has 0 saturated heterocycles. The molecule has 0 fully saturated rings. The first-order valence-corrected chi connectivity index (χ1v) is 11.0. The van der Waals surface area contributed by atoms with Gasteiger partial charge in [0.15, 0.2) is 5.75 Å². The number of ether oxygens (including phenoxy) is 4. The van der Waals surface area contributed by atoms with Crippen molar-refractivity contribution >= 4 is 22.5 Å². The van der Waals surface area contributed by atoms with E-state index in [1.807, 2.05) is 48.5 Å². The lowest BCUT2D eigenvalue weighted by molar-refractivity contribution is -0.0852. The highest BCUT2D eigenvalue weighted by Crippen LogP contribution is 2.39. The van der Waals surface area contributed by atoms with E-state index in [4.69, 9.17) is 23.9 Å². The molecular formula is C21H23NO5S2. The van der Waals surface area contributed by atoms with Crippen LogP contribution in [-0.4, -0.2) is 50.0 Å². The van der Waals surface area contributed by atoms with Gasteiger partial charge in [-0.05, 0) is 54.1 Å². The third-order valence-corrected chi connectivity index (χ3v) is 7.09. The van der Waals surface area contributed by atoms with Gasteiger partial charge >= 0.3 is 4.34 Å². The summed E-state index contributed by atoms with van der Waals surface area (Å²) in [7, 11) is 6.31. The maximum Gasteiger partial charge on any atom is 0.302 e. The third kappa shape index (κ3) is 5.09. The number of benzene rings is 2. The summed E-state index contributed by atoms with van der Waals surface area (Å²) in [6, 6.07) is 15.4. The average Bonchev–Trinajstić information content (AvgIpc) is 3.23. The fraction of sp³-hybridized carbons (Fsp3) is 0.286. The number of methoxy groups -OCH3 is 4. The molecule has 0 spiro atoms. The molecule has 0 aliphatic carbocycles. The largest absolute Gasteiger partial charge is 0.609 e. The predicted octanol–water partition coefficient (Wildman–Crippen LogP) is 4.22. The van der Waals surface area contributed by atoms with Crippen molar-refractivity contribution in [2.24, 2.45) is 0 Å². The molecule has 1 aromatic heterocycles. The molecule has 0 aliphatic heterocycles. The summed E-state index contributed by atoms with van der Waals surface area (Å²) in [6.07, 6.45) is -0.548. The Kier molecular flexibility index (Phi) is 7.51. The Morgan fingerprint density at radius 1 is 0.862 bits per heavy atom. The van der Waals surface area contributed by atoms with Crippen molar-refractivity contribution in [2.45, 2.75) is 10.6 Å². The van der Waals surface area contributed by atoms with Crippen LogP contribution in [0.4, 0.5) is 0 Å². The molecule has 0 radical (unpaired) electrons. The molecule has 154 valence electrons. The zero-order valence-corrected chi connectivity index (χ0v) is 18.3. The topological polar surface area (TPSA) is 72.9 Å². The normalized spacial score (nSPS) is 12.2. The number of nitrogens with zero attached hydrogens (tertiary/aromatic N) is 1. The van der Waals surface area contributed by atoms with Crippen LogP contribution in [0, 0.1) is 0 Å². The lowest BCUT2D eigenvalue weighted by Crippen LogP contribution is -2.24. The first-order valence-electron chi connectivity index (χ1n) is 8.83. The van der Waals surface area contributed by atoms with Crippen molar-refractivity contribution in [2.75, 3.05) is 34.2 Å². The number of aromatic nitrogens is 1. The van der Waals surface area contributed by atoms with Crippen LogP contribution < -0.4 is 9.47 Å². The van der Waals surface area contributed by atoms with Crippen molar-refractivity contribution < 1.29 is 23.5 Å². The predicted molar refractivity (Wildman–Crippen MR) is 115 cm³/mol. The number of hydrogen-bond acceptors (Lipinski definition) is 7. The molecule has 1 unspecified atom stereocenters. The molecule has 1 atom stereocenters. The second kappa shape index (κ2) is 10.1. The summed E-state index contributed by atoms with van der Waals surface area (Å²) in [5.41, 5.74) is 2.68. The zero-order valence-electron chi connectivity index (χ0n) is 16.7. The number of thiazole rings is 1. The minimum atomic E-state index is -1.35. The van der Waals surface area contributed by atoms with Crippen molar-refractivity contribution in [3.8, 4) is 33.2 Å². The minimum Gasteiger partial charge on any atom is -0.609 e. The Balaban J connectivity index is 2.02. The van der Waals surface area contributed by atoms with Gasteiger partial charge in [0.1, 0.15) is 11.5 Å². The highest BCUT2D eigenvalue weighted by Gasteiger charge is 2.26. The Morgan fingerprint density at radius 3 is 1.86 bits per heavy atom. The van der Waals surface area contributed by atoms with Gasteiger partial charge in [0.05, 0.1) is 24.8 Å². The molecule has 3 aromatic rings. The number of rotatable bonds is 9. The summed E-state index contributed by atoms with van der Waals surface area (Å²) >= 11 is 0.0533. The van der Waals surface area contributed by atoms with Crippen LogP contribution in [-0.2, 0) is 20.6 Å². The van der Waals surface area contributed by atoms with Gasteiger partial charge in [0.2, 0.25) is 6.29 Å². The molecule has 8 heteroatoms. The lowest BCUT2D eigenvalue weighted by Gasteiger charge is -2.14. The van der Waals surface area contributed by atoms with Gasteiger partial charge in [-0.15, -0.1) is 0 Å². The van der Waals surface area contributed by atoms with Crippen LogP contribution in [0.2, 0.25) is 0 Å². The van der Waals surface area contributed by atoms with Gasteiger partial charge in [-0.25, -0.2) is 0 Å². The fourth-order valence-corrected chi connectivity index (χ4v) is 5.21. The molecule has 0 amide bonds. The van der Waals surface area contributed by atoms with Gasteiger partial charge in [-0.1, -0.05) is 11.3 Å². The smallest absolute Gasteiger partial charge is 0.302 e. The van der Waals surface area contributed by atoms with E-state index < -0.39 is 17.5 Å². The van der Waals surface area contributed by atoms with Crippen LogP contribution >= 0.6 is 11.3 Å². The molecule has 1 heterocycles. The standard InChI is InChI=1S/C21H23NO5S2/c1-24-16-9-5-14(6-10-16)19-20(15-7-11-17(25-2)12-8-15)28-21(22-19)29(23)13-18(26-3)27-4/h5-12,18H,13H2,1-4H3. The van der Waals surface area contributed by atoms with Crippen molar-refractivity contribution in [3.63, 3.8) is 0 Å². The first kappa shape index (κ1) is 21.6. The van der Waals surface area contributed by atoms with Gasteiger partial charge in [-0.3, -0.25) is 0 Å². The van der Waals surface area contributed by atoms with E-state index in [1.54, 1.807) is 14.2 Å². The van der Waals surface area contributed by atoms with E-state index in [-0.39, 0.29) is 5.75 Å². The first-order chi connectivity index (χ1) is 14.1. The average molecular weight is 434 g/mol. The second-order valence-electron chi connectivity index (χ2n) is 6.03. The van der Waals surface area contributed by atoms with E-state index in [1.165, 1.54) is 25.6 Å². The Labute approximate surface area is 177 Å². The molecule has 2 aromatic carbocycles. The van der Waals surface area contributed by atoms with Crippen LogP contribution in [0.25, 0.3) is 21.7 Å². The van der Waals surface area contributed by atoms with Gasteiger partial charge < -0.3 is 23.5 Å². The number of hydrogen-bond donors (Lipinski definition) is 0. The lowest BCUT2D eigenvalue weighted by atomic mass is 10.1. The maximum atomic E-state index is 12.9. The Morgan fingerprint density at radius 2 is 1.38 bits per heavy atom. The molecule has 6 nitrogen and oxygen atoms in total. The minimum absolute atomic E-state index is 0.213.